The van der Waals surface area contributed by atoms with Crippen molar-refractivity contribution in [1.82, 2.24) is 4.90 Å². The molecule has 0 aromatic heterocycles. The second kappa shape index (κ2) is 6.59. The van der Waals surface area contributed by atoms with Gasteiger partial charge in [-0.3, -0.25) is 4.79 Å². The second-order valence-electron chi connectivity index (χ2n) is 5.27. The van der Waals surface area contributed by atoms with E-state index in [2.05, 4.69) is 0 Å². The predicted octanol–water partition coefficient (Wildman–Crippen LogP) is 2.75. The Balaban J connectivity index is 2.27. The average molecular weight is 287 g/mol. The molecule has 4 nitrogen and oxygen atoms in total. The summed E-state index contributed by atoms with van der Waals surface area (Å²) in [5, 5.41) is 11.9. The van der Waals surface area contributed by atoms with Crippen molar-refractivity contribution < 1.29 is 14.6 Å². The van der Waals surface area contributed by atoms with Crippen LogP contribution in [0.25, 0.3) is 10.8 Å². The van der Waals surface area contributed by atoms with Crippen molar-refractivity contribution in [3.05, 3.63) is 42.0 Å². The molecule has 1 N–H and O–H groups in total. The largest absolute Gasteiger partial charge is 0.492 e. The standard InChI is InChI=1S/C17H21NO3/c1-12(19)14-9-8-13-6-4-5-7-15(13)17(14)21-11-10-16(20)18(2)3/h4-9,12,19H,10-11H2,1-3H3/t12-/m1/s1. The number of hydrogen-bond donors (Lipinski definition) is 1. The number of aliphatic hydroxyl groups is 1. The van der Waals surface area contributed by atoms with E-state index in [9.17, 15) is 9.90 Å². The first-order chi connectivity index (χ1) is 10.0. The molecule has 0 aliphatic heterocycles. The number of fused-ring (bicyclic) bond motifs is 1. The van der Waals surface area contributed by atoms with Crippen LogP contribution in [-0.2, 0) is 4.79 Å². The van der Waals surface area contributed by atoms with E-state index in [1.165, 1.54) is 0 Å². The summed E-state index contributed by atoms with van der Waals surface area (Å²) >= 11 is 0. The van der Waals surface area contributed by atoms with Crippen molar-refractivity contribution in [3.8, 4) is 5.75 Å². The maximum Gasteiger partial charge on any atom is 0.225 e. The molecule has 112 valence electrons. The Bertz CT molecular complexity index is 635. The number of hydrogen-bond acceptors (Lipinski definition) is 3. The summed E-state index contributed by atoms with van der Waals surface area (Å²) in [6.07, 6.45) is -0.302. The Labute approximate surface area is 124 Å². The topological polar surface area (TPSA) is 49.8 Å². The third-order valence-corrected chi connectivity index (χ3v) is 3.42. The predicted molar refractivity (Wildman–Crippen MR) is 83.4 cm³/mol. The van der Waals surface area contributed by atoms with Crippen molar-refractivity contribution in [2.75, 3.05) is 20.7 Å². The maximum absolute atomic E-state index is 11.6. The van der Waals surface area contributed by atoms with Gasteiger partial charge < -0.3 is 14.7 Å². The molecule has 0 fully saturated rings. The monoisotopic (exact) mass is 287 g/mol. The van der Waals surface area contributed by atoms with Gasteiger partial charge in [0, 0.05) is 25.0 Å². The zero-order valence-electron chi connectivity index (χ0n) is 12.7. The van der Waals surface area contributed by atoms with Crippen molar-refractivity contribution in [2.24, 2.45) is 0 Å². The summed E-state index contributed by atoms with van der Waals surface area (Å²) in [7, 11) is 3.45. The van der Waals surface area contributed by atoms with Gasteiger partial charge in [-0.25, -0.2) is 0 Å². The molecular formula is C17H21NO3. The summed E-state index contributed by atoms with van der Waals surface area (Å²) in [5.74, 6) is 0.684. The normalized spacial score (nSPS) is 12.2. The summed E-state index contributed by atoms with van der Waals surface area (Å²) in [4.78, 5) is 13.2. The number of nitrogens with zero attached hydrogens (tertiary/aromatic N) is 1. The van der Waals surface area contributed by atoms with Crippen LogP contribution in [-0.4, -0.2) is 36.6 Å². The van der Waals surface area contributed by atoms with Gasteiger partial charge in [-0.1, -0.05) is 36.4 Å². The summed E-state index contributed by atoms with van der Waals surface area (Å²) < 4.78 is 5.83. The molecule has 2 rings (SSSR count). The molecular weight excluding hydrogens is 266 g/mol. The lowest BCUT2D eigenvalue weighted by molar-refractivity contribution is -0.129. The van der Waals surface area contributed by atoms with Gasteiger partial charge >= 0.3 is 0 Å². The highest BCUT2D eigenvalue weighted by atomic mass is 16.5. The van der Waals surface area contributed by atoms with Crippen LogP contribution in [0.3, 0.4) is 0 Å². The molecule has 21 heavy (non-hydrogen) atoms. The molecule has 0 heterocycles. The zero-order chi connectivity index (χ0) is 15.4. The van der Waals surface area contributed by atoms with Gasteiger partial charge in [0.1, 0.15) is 5.75 Å². The number of rotatable bonds is 5. The van der Waals surface area contributed by atoms with Gasteiger partial charge in [0.05, 0.1) is 19.1 Å². The first kappa shape index (κ1) is 15.3. The van der Waals surface area contributed by atoms with Gasteiger partial charge in [0.2, 0.25) is 5.91 Å². The minimum Gasteiger partial charge on any atom is -0.492 e. The van der Waals surface area contributed by atoms with E-state index in [0.29, 0.717) is 18.8 Å². The molecule has 0 unspecified atom stereocenters. The van der Waals surface area contributed by atoms with E-state index in [1.54, 1.807) is 25.9 Å². The molecule has 1 amide bonds. The maximum atomic E-state index is 11.6. The number of amides is 1. The number of carbonyl (C=O) groups is 1. The summed E-state index contributed by atoms with van der Waals surface area (Å²) in [5.41, 5.74) is 0.742. The van der Waals surface area contributed by atoms with E-state index in [0.717, 1.165) is 16.3 Å². The van der Waals surface area contributed by atoms with Gasteiger partial charge in [-0.2, -0.15) is 0 Å². The lowest BCUT2D eigenvalue weighted by Gasteiger charge is -2.17. The third kappa shape index (κ3) is 3.52. The van der Waals surface area contributed by atoms with Crippen LogP contribution >= 0.6 is 0 Å². The van der Waals surface area contributed by atoms with Crippen LogP contribution in [0.4, 0.5) is 0 Å². The van der Waals surface area contributed by atoms with Crippen molar-refractivity contribution in [3.63, 3.8) is 0 Å². The second-order valence-corrected chi connectivity index (χ2v) is 5.27. The number of carbonyl (C=O) groups excluding carboxylic acids is 1. The average Bonchev–Trinajstić information content (AvgIpc) is 2.46. The molecule has 0 saturated heterocycles. The fourth-order valence-corrected chi connectivity index (χ4v) is 2.21. The molecule has 1 atom stereocenters. The Morgan fingerprint density at radius 2 is 1.95 bits per heavy atom. The summed E-state index contributed by atoms with van der Waals surface area (Å²) in [6, 6.07) is 11.7. The Morgan fingerprint density at radius 1 is 1.24 bits per heavy atom. The van der Waals surface area contributed by atoms with E-state index in [1.807, 2.05) is 36.4 Å². The van der Waals surface area contributed by atoms with Crippen molar-refractivity contribution >= 4 is 16.7 Å². The van der Waals surface area contributed by atoms with Crippen LogP contribution in [0.2, 0.25) is 0 Å². The zero-order valence-corrected chi connectivity index (χ0v) is 12.7. The molecule has 2 aromatic carbocycles. The van der Waals surface area contributed by atoms with Crippen LogP contribution in [0.15, 0.2) is 36.4 Å². The smallest absolute Gasteiger partial charge is 0.225 e. The summed E-state index contributed by atoms with van der Waals surface area (Å²) in [6.45, 7) is 2.01. The Hall–Kier alpha value is -2.07. The Morgan fingerprint density at radius 3 is 2.62 bits per heavy atom. The van der Waals surface area contributed by atoms with Gasteiger partial charge in [0.25, 0.3) is 0 Å². The lowest BCUT2D eigenvalue weighted by Crippen LogP contribution is -2.23. The van der Waals surface area contributed by atoms with Crippen LogP contribution in [0, 0.1) is 0 Å². The molecule has 0 spiro atoms. The highest BCUT2D eigenvalue weighted by molar-refractivity contribution is 5.89. The minimum atomic E-state index is -0.617. The fraction of sp³-hybridized carbons (Fsp3) is 0.353. The fourth-order valence-electron chi connectivity index (χ4n) is 2.21. The van der Waals surface area contributed by atoms with Crippen LogP contribution < -0.4 is 4.74 Å². The van der Waals surface area contributed by atoms with E-state index >= 15 is 0 Å². The third-order valence-electron chi connectivity index (χ3n) is 3.42. The quantitative estimate of drug-likeness (QED) is 0.920. The number of ether oxygens (including phenoxy) is 1. The van der Waals surface area contributed by atoms with E-state index in [4.69, 9.17) is 4.74 Å². The number of aliphatic hydroxyl groups excluding tert-OH is 1. The molecule has 4 heteroatoms. The molecule has 0 bridgehead atoms. The molecule has 0 aliphatic carbocycles. The molecule has 0 aliphatic rings. The van der Waals surface area contributed by atoms with E-state index < -0.39 is 6.10 Å². The number of benzene rings is 2. The highest BCUT2D eigenvalue weighted by Crippen LogP contribution is 2.33. The Kier molecular flexibility index (Phi) is 4.81. The first-order valence-electron chi connectivity index (χ1n) is 7.03. The van der Waals surface area contributed by atoms with Crippen LogP contribution in [0.1, 0.15) is 25.0 Å². The molecule has 0 radical (unpaired) electrons. The van der Waals surface area contributed by atoms with E-state index in [-0.39, 0.29) is 5.91 Å². The van der Waals surface area contributed by atoms with Gasteiger partial charge in [-0.15, -0.1) is 0 Å². The molecule has 0 saturated carbocycles. The van der Waals surface area contributed by atoms with Crippen molar-refractivity contribution in [1.29, 1.82) is 0 Å². The molecule has 2 aromatic rings. The van der Waals surface area contributed by atoms with Gasteiger partial charge in [-0.05, 0) is 12.3 Å². The van der Waals surface area contributed by atoms with Crippen LogP contribution in [0.5, 0.6) is 5.75 Å². The minimum absolute atomic E-state index is 0.0221. The highest BCUT2D eigenvalue weighted by Gasteiger charge is 2.13. The first-order valence-corrected chi connectivity index (χ1v) is 7.03. The lowest BCUT2D eigenvalue weighted by atomic mass is 10.0. The SMILES string of the molecule is C[C@@H](O)c1ccc2ccccc2c1OCCC(=O)N(C)C. The van der Waals surface area contributed by atoms with Gasteiger partial charge in [0.15, 0.2) is 0 Å². The van der Waals surface area contributed by atoms with Crippen molar-refractivity contribution in [2.45, 2.75) is 19.4 Å².